The van der Waals surface area contributed by atoms with Crippen molar-refractivity contribution in [1.29, 1.82) is 0 Å². The van der Waals surface area contributed by atoms with E-state index in [1.54, 1.807) is 27.7 Å². The zero-order chi connectivity index (χ0) is 19.3. The summed E-state index contributed by atoms with van der Waals surface area (Å²) in [5, 5.41) is 2.45. The molecule has 1 aromatic carbocycles. The monoisotopic (exact) mass is 373 g/mol. The normalized spacial score (nSPS) is 12.8. The number of carbonyl (C=O) groups excluding carboxylic acids is 2. The molecule has 0 saturated heterocycles. The number of esters is 1. The average Bonchev–Trinajstić information content (AvgIpc) is 2.42. The van der Waals surface area contributed by atoms with Crippen LogP contribution in [-0.4, -0.2) is 38.9 Å². The number of benzene rings is 1. The van der Waals surface area contributed by atoms with E-state index < -0.39 is 33.8 Å². The number of alkyl carbamates (subject to hydrolysis) is 1. The summed E-state index contributed by atoms with van der Waals surface area (Å²) in [6.07, 6.45) is 0.147. The SMILES string of the molecule is CCOC(=O)C(NC(=O)OC(C)(C)C)c1ccc(OS(C)(=O)=O)cc1. The van der Waals surface area contributed by atoms with Gasteiger partial charge in [-0.2, -0.15) is 8.42 Å². The molecular formula is C16H23NO7S. The van der Waals surface area contributed by atoms with Crippen molar-refractivity contribution >= 4 is 22.2 Å². The van der Waals surface area contributed by atoms with Crippen LogP contribution in [-0.2, 0) is 24.4 Å². The molecule has 0 aliphatic rings. The standard InChI is InChI=1S/C16H23NO7S/c1-6-22-14(18)13(17-15(19)23-16(2,3)4)11-7-9-12(10-8-11)24-25(5,20)21/h7-10,13H,6H2,1-5H3,(H,17,19). The minimum Gasteiger partial charge on any atom is -0.464 e. The first-order valence-corrected chi connectivity index (χ1v) is 9.38. The Morgan fingerprint density at radius 3 is 2.16 bits per heavy atom. The molecular weight excluding hydrogens is 350 g/mol. The van der Waals surface area contributed by atoms with Crippen molar-refractivity contribution in [3.05, 3.63) is 29.8 Å². The van der Waals surface area contributed by atoms with Crippen LogP contribution < -0.4 is 9.50 Å². The molecule has 1 aromatic rings. The molecule has 0 bridgehead atoms. The Morgan fingerprint density at radius 2 is 1.72 bits per heavy atom. The van der Waals surface area contributed by atoms with Gasteiger partial charge in [-0.05, 0) is 45.4 Å². The highest BCUT2D eigenvalue weighted by Gasteiger charge is 2.27. The van der Waals surface area contributed by atoms with Crippen LogP contribution in [0.2, 0.25) is 0 Å². The van der Waals surface area contributed by atoms with Crippen molar-refractivity contribution in [1.82, 2.24) is 5.32 Å². The third-order valence-corrected chi connectivity index (χ3v) is 3.14. The molecule has 25 heavy (non-hydrogen) atoms. The molecule has 8 nitrogen and oxygen atoms in total. The molecule has 0 radical (unpaired) electrons. The zero-order valence-corrected chi connectivity index (χ0v) is 15.7. The summed E-state index contributed by atoms with van der Waals surface area (Å²) in [5.74, 6) is -0.573. The molecule has 0 saturated carbocycles. The van der Waals surface area contributed by atoms with Gasteiger partial charge in [-0.3, -0.25) is 0 Å². The van der Waals surface area contributed by atoms with Gasteiger partial charge >= 0.3 is 22.2 Å². The van der Waals surface area contributed by atoms with E-state index in [-0.39, 0.29) is 12.4 Å². The van der Waals surface area contributed by atoms with Gasteiger partial charge in [-0.25, -0.2) is 9.59 Å². The molecule has 0 aliphatic carbocycles. The summed E-state index contributed by atoms with van der Waals surface area (Å²) in [7, 11) is -3.66. The lowest BCUT2D eigenvalue weighted by Gasteiger charge is -2.23. The highest BCUT2D eigenvalue weighted by molar-refractivity contribution is 7.86. The fourth-order valence-electron chi connectivity index (χ4n) is 1.82. The lowest BCUT2D eigenvalue weighted by molar-refractivity contribution is -0.145. The van der Waals surface area contributed by atoms with Crippen LogP contribution in [0.15, 0.2) is 24.3 Å². The van der Waals surface area contributed by atoms with Crippen LogP contribution in [0, 0.1) is 0 Å². The average molecular weight is 373 g/mol. The van der Waals surface area contributed by atoms with Gasteiger partial charge in [0.2, 0.25) is 0 Å². The number of hydrogen-bond acceptors (Lipinski definition) is 7. The van der Waals surface area contributed by atoms with Gasteiger partial charge in [-0.1, -0.05) is 12.1 Å². The van der Waals surface area contributed by atoms with Crippen molar-refractivity contribution in [2.45, 2.75) is 39.3 Å². The van der Waals surface area contributed by atoms with Crippen molar-refractivity contribution < 1.29 is 31.7 Å². The molecule has 9 heteroatoms. The quantitative estimate of drug-likeness (QED) is 0.601. The van der Waals surface area contributed by atoms with Crippen LogP contribution in [0.5, 0.6) is 5.75 Å². The van der Waals surface area contributed by atoms with Gasteiger partial charge in [0.05, 0.1) is 12.9 Å². The second-order valence-electron chi connectivity index (χ2n) is 6.19. The van der Waals surface area contributed by atoms with Crippen molar-refractivity contribution in [2.24, 2.45) is 0 Å². The van der Waals surface area contributed by atoms with Gasteiger partial charge in [0.15, 0.2) is 6.04 Å². The van der Waals surface area contributed by atoms with Gasteiger partial charge in [0.1, 0.15) is 11.4 Å². The van der Waals surface area contributed by atoms with E-state index in [0.29, 0.717) is 5.56 Å². The molecule has 1 unspecified atom stereocenters. The summed E-state index contributed by atoms with van der Waals surface area (Å²) in [5.41, 5.74) is -0.332. The maximum Gasteiger partial charge on any atom is 0.408 e. The molecule has 1 amide bonds. The molecule has 0 aliphatic heterocycles. The van der Waals surface area contributed by atoms with Gasteiger partial charge in [-0.15, -0.1) is 0 Å². The summed E-state index contributed by atoms with van der Waals surface area (Å²) >= 11 is 0. The molecule has 0 spiro atoms. The minimum absolute atomic E-state index is 0.0890. The third-order valence-electron chi connectivity index (χ3n) is 2.64. The van der Waals surface area contributed by atoms with Crippen LogP contribution in [0.4, 0.5) is 4.79 Å². The smallest absolute Gasteiger partial charge is 0.408 e. The van der Waals surface area contributed by atoms with Crippen LogP contribution >= 0.6 is 0 Å². The van der Waals surface area contributed by atoms with E-state index in [1.165, 1.54) is 24.3 Å². The second-order valence-corrected chi connectivity index (χ2v) is 7.76. The van der Waals surface area contributed by atoms with Crippen LogP contribution in [0.25, 0.3) is 0 Å². The van der Waals surface area contributed by atoms with E-state index in [2.05, 4.69) is 5.32 Å². The first-order valence-electron chi connectivity index (χ1n) is 7.57. The number of ether oxygens (including phenoxy) is 2. The summed E-state index contributed by atoms with van der Waals surface area (Å²) in [4.78, 5) is 24.1. The topological polar surface area (TPSA) is 108 Å². The van der Waals surface area contributed by atoms with E-state index >= 15 is 0 Å². The third kappa shape index (κ3) is 7.88. The highest BCUT2D eigenvalue weighted by atomic mass is 32.2. The largest absolute Gasteiger partial charge is 0.464 e. The Kier molecular flexibility index (Phi) is 6.80. The fourth-order valence-corrected chi connectivity index (χ4v) is 2.28. The molecule has 0 heterocycles. The van der Waals surface area contributed by atoms with Crippen LogP contribution in [0.3, 0.4) is 0 Å². The van der Waals surface area contributed by atoms with Gasteiger partial charge < -0.3 is 19.0 Å². The highest BCUT2D eigenvalue weighted by Crippen LogP contribution is 2.21. The first kappa shape index (κ1) is 20.8. The molecule has 1 atom stereocenters. The first-order chi connectivity index (χ1) is 11.4. The molecule has 140 valence electrons. The van der Waals surface area contributed by atoms with E-state index in [1.807, 2.05) is 0 Å². The predicted octanol–water partition coefficient (Wildman–Crippen LogP) is 2.15. The molecule has 1 N–H and O–H groups in total. The Balaban J connectivity index is 2.99. The van der Waals surface area contributed by atoms with E-state index in [9.17, 15) is 18.0 Å². The summed E-state index contributed by atoms with van der Waals surface area (Å²) in [6, 6.07) is 4.57. The summed E-state index contributed by atoms with van der Waals surface area (Å²) < 4.78 is 37.1. The number of rotatable bonds is 6. The maximum atomic E-state index is 12.1. The summed E-state index contributed by atoms with van der Waals surface area (Å²) in [6.45, 7) is 6.88. The van der Waals surface area contributed by atoms with E-state index in [0.717, 1.165) is 6.26 Å². The van der Waals surface area contributed by atoms with Crippen molar-refractivity contribution in [3.63, 3.8) is 0 Å². The Labute approximate surface area is 147 Å². The lowest BCUT2D eigenvalue weighted by Crippen LogP contribution is -2.38. The molecule has 0 aromatic heterocycles. The Morgan fingerprint density at radius 1 is 1.16 bits per heavy atom. The zero-order valence-electron chi connectivity index (χ0n) is 14.9. The minimum atomic E-state index is -3.66. The Bertz CT molecular complexity index is 705. The van der Waals surface area contributed by atoms with Crippen molar-refractivity contribution in [3.8, 4) is 5.75 Å². The van der Waals surface area contributed by atoms with Crippen molar-refractivity contribution in [2.75, 3.05) is 12.9 Å². The Hall–Kier alpha value is -2.29. The number of carbonyl (C=O) groups is 2. The van der Waals surface area contributed by atoms with Gasteiger partial charge in [0.25, 0.3) is 0 Å². The lowest BCUT2D eigenvalue weighted by atomic mass is 10.1. The number of hydrogen-bond donors (Lipinski definition) is 1. The molecule has 0 fully saturated rings. The maximum absolute atomic E-state index is 12.1. The fraction of sp³-hybridized carbons (Fsp3) is 0.500. The molecule has 1 rings (SSSR count). The number of amides is 1. The second kappa shape index (κ2) is 8.19. The van der Waals surface area contributed by atoms with E-state index in [4.69, 9.17) is 13.7 Å². The van der Waals surface area contributed by atoms with Gasteiger partial charge in [0, 0.05) is 0 Å². The van der Waals surface area contributed by atoms with Crippen LogP contribution in [0.1, 0.15) is 39.3 Å². The number of nitrogens with one attached hydrogen (secondary N) is 1. The predicted molar refractivity (Wildman–Crippen MR) is 90.7 cm³/mol.